The van der Waals surface area contributed by atoms with E-state index in [1.54, 1.807) is 19.2 Å². The highest BCUT2D eigenvalue weighted by atomic mass is 16.6. The standard InChI is InChI=1S/C13H12N2O3/c1-9-6-7-12(15(16)17)14-13(9)10-4-3-5-11(8-10)18-2/h3-8H,1-2H3. The molecule has 0 fully saturated rings. The van der Waals surface area contributed by atoms with E-state index in [-0.39, 0.29) is 5.82 Å². The fraction of sp³-hybridized carbons (Fsp3) is 0.154. The molecule has 0 N–H and O–H groups in total. The van der Waals surface area contributed by atoms with Crippen molar-refractivity contribution in [3.8, 4) is 17.0 Å². The molecule has 18 heavy (non-hydrogen) atoms. The summed E-state index contributed by atoms with van der Waals surface area (Å²) in [5, 5.41) is 10.7. The van der Waals surface area contributed by atoms with Gasteiger partial charge in [0.2, 0.25) is 0 Å². The minimum atomic E-state index is -0.497. The smallest absolute Gasteiger partial charge is 0.364 e. The summed E-state index contributed by atoms with van der Waals surface area (Å²) in [7, 11) is 1.58. The lowest BCUT2D eigenvalue weighted by atomic mass is 10.1. The van der Waals surface area contributed by atoms with Crippen molar-refractivity contribution in [3.63, 3.8) is 0 Å². The van der Waals surface area contributed by atoms with Crippen molar-refractivity contribution >= 4 is 5.82 Å². The molecular weight excluding hydrogens is 232 g/mol. The van der Waals surface area contributed by atoms with Crippen molar-refractivity contribution in [2.75, 3.05) is 7.11 Å². The van der Waals surface area contributed by atoms with Crippen LogP contribution in [0, 0.1) is 17.0 Å². The average molecular weight is 244 g/mol. The maximum Gasteiger partial charge on any atom is 0.364 e. The van der Waals surface area contributed by atoms with Gasteiger partial charge in [-0.2, -0.15) is 0 Å². The fourth-order valence-electron chi connectivity index (χ4n) is 1.68. The molecule has 0 aliphatic carbocycles. The number of aromatic nitrogens is 1. The highest BCUT2D eigenvalue weighted by molar-refractivity contribution is 5.65. The lowest BCUT2D eigenvalue weighted by molar-refractivity contribution is -0.389. The van der Waals surface area contributed by atoms with Crippen molar-refractivity contribution < 1.29 is 9.66 Å². The van der Waals surface area contributed by atoms with Crippen LogP contribution in [0.25, 0.3) is 11.3 Å². The number of nitro groups is 1. The molecule has 0 amide bonds. The molecule has 5 heteroatoms. The first kappa shape index (κ1) is 12.0. The van der Waals surface area contributed by atoms with Crippen LogP contribution in [0.4, 0.5) is 5.82 Å². The van der Waals surface area contributed by atoms with Crippen LogP contribution in [0.2, 0.25) is 0 Å². The molecule has 0 aliphatic rings. The zero-order valence-electron chi connectivity index (χ0n) is 10.1. The van der Waals surface area contributed by atoms with Gasteiger partial charge in [0.25, 0.3) is 0 Å². The van der Waals surface area contributed by atoms with Crippen molar-refractivity contribution in [3.05, 3.63) is 52.1 Å². The summed E-state index contributed by atoms with van der Waals surface area (Å²) >= 11 is 0. The molecule has 0 atom stereocenters. The molecule has 0 unspecified atom stereocenters. The van der Waals surface area contributed by atoms with E-state index in [9.17, 15) is 10.1 Å². The Morgan fingerprint density at radius 1 is 1.28 bits per heavy atom. The Morgan fingerprint density at radius 3 is 2.72 bits per heavy atom. The maximum absolute atomic E-state index is 10.7. The molecule has 0 spiro atoms. The van der Waals surface area contributed by atoms with Crippen molar-refractivity contribution in [2.45, 2.75) is 6.92 Å². The van der Waals surface area contributed by atoms with Crippen LogP contribution in [0.3, 0.4) is 0 Å². The summed E-state index contributed by atoms with van der Waals surface area (Å²) in [5.41, 5.74) is 2.28. The Morgan fingerprint density at radius 2 is 2.06 bits per heavy atom. The summed E-state index contributed by atoms with van der Waals surface area (Å²) in [6, 6.07) is 10.4. The summed E-state index contributed by atoms with van der Waals surface area (Å²) in [5.74, 6) is 0.540. The number of rotatable bonds is 3. The van der Waals surface area contributed by atoms with E-state index in [1.807, 2.05) is 25.1 Å². The second kappa shape index (κ2) is 4.83. The predicted molar refractivity (Wildman–Crippen MR) is 67.6 cm³/mol. The fourth-order valence-corrected chi connectivity index (χ4v) is 1.68. The number of nitrogens with zero attached hydrogens (tertiary/aromatic N) is 2. The normalized spacial score (nSPS) is 10.1. The van der Waals surface area contributed by atoms with E-state index in [1.165, 1.54) is 6.07 Å². The summed E-state index contributed by atoms with van der Waals surface area (Å²) in [6.07, 6.45) is 0. The first-order valence-electron chi connectivity index (χ1n) is 5.38. The van der Waals surface area contributed by atoms with E-state index in [0.717, 1.165) is 11.1 Å². The third kappa shape index (κ3) is 2.29. The van der Waals surface area contributed by atoms with Gasteiger partial charge in [0.15, 0.2) is 5.69 Å². The highest BCUT2D eigenvalue weighted by Gasteiger charge is 2.15. The number of ether oxygens (including phenoxy) is 1. The molecule has 1 aromatic carbocycles. The predicted octanol–water partition coefficient (Wildman–Crippen LogP) is 2.97. The molecular formula is C13H12N2O3. The molecule has 0 saturated carbocycles. The summed E-state index contributed by atoms with van der Waals surface area (Å²) in [4.78, 5) is 14.3. The number of hydrogen-bond donors (Lipinski definition) is 0. The van der Waals surface area contributed by atoms with E-state index in [2.05, 4.69) is 4.98 Å². The number of benzene rings is 1. The van der Waals surface area contributed by atoms with Gasteiger partial charge in [-0.1, -0.05) is 12.1 Å². The van der Waals surface area contributed by atoms with Gasteiger partial charge in [-0.15, -0.1) is 0 Å². The second-order valence-corrected chi connectivity index (χ2v) is 3.82. The van der Waals surface area contributed by atoms with Gasteiger partial charge in [0, 0.05) is 17.2 Å². The van der Waals surface area contributed by atoms with Gasteiger partial charge in [0.05, 0.1) is 7.11 Å². The Kier molecular flexibility index (Phi) is 3.23. The molecule has 0 aliphatic heterocycles. The third-order valence-electron chi connectivity index (χ3n) is 2.61. The largest absolute Gasteiger partial charge is 0.497 e. The van der Waals surface area contributed by atoms with Gasteiger partial charge in [-0.3, -0.25) is 0 Å². The van der Waals surface area contributed by atoms with Crippen molar-refractivity contribution in [1.29, 1.82) is 0 Å². The molecule has 2 aromatic rings. The Labute approximate surface area is 104 Å². The number of hydrogen-bond acceptors (Lipinski definition) is 4. The Hall–Kier alpha value is -2.43. The van der Waals surface area contributed by atoms with Gasteiger partial charge in [-0.25, -0.2) is 0 Å². The van der Waals surface area contributed by atoms with Crippen LogP contribution in [0.15, 0.2) is 36.4 Å². The van der Waals surface area contributed by atoms with Gasteiger partial charge in [-0.05, 0) is 35.0 Å². The Bertz CT molecular complexity index is 597. The van der Waals surface area contributed by atoms with Crippen LogP contribution >= 0.6 is 0 Å². The minimum absolute atomic E-state index is 0.154. The van der Waals surface area contributed by atoms with E-state index >= 15 is 0 Å². The zero-order chi connectivity index (χ0) is 13.1. The van der Waals surface area contributed by atoms with Gasteiger partial charge >= 0.3 is 5.82 Å². The van der Waals surface area contributed by atoms with E-state index < -0.39 is 4.92 Å². The van der Waals surface area contributed by atoms with Crippen LogP contribution in [0.1, 0.15) is 5.56 Å². The second-order valence-electron chi connectivity index (χ2n) is 3.82. The highest BCUT2D eigenvalue weighted by Crippen LogP contribution is 2.26. The SMILES string of the molecule is COc1cccc(-c2nc([N+](=O)[O-])ccc2C)c1. The monoisotopic (exact) mass is 244 g/mol. The topological polar surface area (TPSA) is 65.3 Å². The average Bonchev–Trinajstić information content (AvgIpc) is 2.39. The van der Waals surface area contributed by atoms with Crippen LogP contribution in [-0.2, 0) is 0 Å². The van der Waals surface area contributed by atoms with Crippen molar-refractivity contribution in [2.24, 2.45) is 0 Å². The number of pyridine rings is 1. The minimum Gasteiger partial charge on any atom is -0.497 e. The van der Waals surface area contributed by atoms with Gasteiger partial charge in [0.1, 0.15) is 5.75 Å². The first-order chi connectivity index (χ1) is 8.61. The first-order valence-corrected chi connectivity index (χ1v) is 5.38. The van der Waals surface area contributed by atoms with Crippen LogP contribution in [0.5, 0.6) is 5.75 Å². The molecule has 0 bridgehead atoms. The van der Waals surface area contributed by atoms with Gasteiger partial charge < -0.3 is 14.9 Å². The molecule has 0 saturated heterocycles. The molecule has 5 nitrogen and oxygen atoms in total. The summed E-state index contributed by atoms with van der Waals surface area (Å²) in [6.45, 7) is 1.87. The molecule has 92 valence electrons. The van der Waals surface area contributed by atoms with Crippen molar-refractivity contribution in [1.82, 2.24) is 4.98 Å². The number of aryl methyl sites for hydroxylation is 1. The maximum atomic E-state index is 10.7. The third-order valence-corrected chi connectivity index (χ3v) is 2.61. The molecule has 0 radical (unpaired) electrons. The number of methoxy groups -OCH3 is 1. The summed E-state index contributed by atoms with van der Waals surface area (Å²) < 4.78 is 5.13. The van der Waals surface area contributed by atoms with E-state index in [4.69, 9.17) is 4.74 Å². The van der Waals surface area contributed by atoms with Crippen LogP contribution in [-0.4, -0.2) is 17.0 Å². The lowest BCUT2D eigenvalue weighted by Gasteiger charge is -2.04. The molecule has 1 aromatic heterocycles. The zero-order valence-corrected chi connectivity index (χ0v) is 10.1. The van der Waals surface area contributed by atoms with Crippen LogP contribution < -0.4 is 4.74 Å². The van der Waals surface area contributed by atoms with E-state index in [0.29, 0.717) is 11.4 Å². The quantitative estimate of drug-likeness (QED) is 0.615. The Balaban J connectivity index is 2.54. The lowest BCUT2D eigenvalue weighted by Crippen LogP contribution is -1.96. The molecule has 2 rings (SSSR count). The molecule has 1 heterocycles.